The number of hydrogen-bond donors (Lipinski definition) is 2. The van der Waals surface area contributed by atoms with Gasteiger partial charge in [-0.25, -0.2) is 8.42 Å². The maximum absolute atomic E-state index is 10.9. The largest absolute Gasteiger partial charge is 0.299 e. The maximum atomic E-state index is 10.9. The topological polar surface area (TPSA) is 81.8 Å². The minimum absolute atomic E-state index is 0.00370. The lowest BCUT2D eigenvalue weighted by Crippen LogP contribution is -1.95. The Labute approximate surface area is 63.2 Å². The third kappa shape index (κ3) is 0.605. The zero-order valence-electron chi connectivity index (χ0n) is 5.38. The normalized spacial score (nSPS) is 25.5. The molecule has 0 radical (unpaired) electrons. The highest BCUT2D eigenvalue weighted by Crippen LogP contribution is 2.40. The molecule has 0 spiro atoms. The summed E-state index contributed by atoms with van der Waals surface area (Å²) in [7, 11) is -3.31. The van der Waals surface area contributed by atoms with Crippen molar-refractivity contribution in [2.24, 2.45) is 0 Å². The summed E-state index contributed by atoms with van der Waals surface area (Å²) in [5.74, 6) is 0. The van der Waals surface area contributed by atoms with Crippen molar-refractivity contribution in [1.82, 2.24) is 0 Å². The molecule has 0 atom stereocenters. The van der Waals surface area contributed by atoms with Gasteiger partial charge in [-0.15, -0.1) is 0 Å². The fourth-order valence-electron chi connectivity index (χ4n) is 1.05. The minimum atomic E-state index is -3.31. The lowest BCUT2D eigenvalue weighted by Gasteiger charge is -1.88. The van der Waals surface area contributed by atoms with Crippen LogP contribution < -0.4 is 0 Å². The molecule has 1 heterocycles. The van der Waals surface area contributed by atoms with Crippen LogP contribution >= 0.6 is 0 Å². The first-order valence-corrected chi connectivity index (χ1v) is 4.39. The van der Waals surface area contributed by atoms with Crippen LogP contribution in [-0.2, 0) is 9.84 Å². The molecule has 0 aromatic heterocycles. The van der Waals surface area contributed by atoms with Crippen molar-refractivity contribution >= 4 is 21.3 Å². The van der Waals surface area contributed by atoms with Crippen molar-refractivity contribution < 1.29 is 8.42 Å². The fourth-order valence-corrected chi connectivity index (χ4v) is 2.57. The molecular formula is C6H4N2O2S. The SMILES string of the molecule is N=C1C=CC(=N)C2=C1S2(=O)=O. The van der Waals surface area contributed by atoms with Gasteiger partial charge in [0.1, 0.15) is 9.81 Å². The average Bonchev–Trinajstić information content (AvgIpc) is 2.47. The van der Waals surface area contributed by atoms with Crippen LogP contribution in [-0.4, -0.2) is 19.8 Å². The smallest absolute Gasteiger partial charge is 0.213 e. The summed E-state index contributed by atoms with van der Waals surface area (Å²) in [6.07, 6.45) is 2.65. The van der Waals surface area contributed by atoms with Crippen molar-refractivity contribution in [3.8, 4) is 0 Å². The molecule has 1 aliphatic heterocycles. The predicted molar refractivity (Wildman–Crippen MR) is 40.5 cm³/mol. The highest BCUT2D eigenvalue weighted by molar-refractivity contribution is 8.08. The van der Waals surface area contributed by atoms with E-state index in [0.29, 0.717) is 0 Å². The first kappa shape index (κ1) is 6.48. The molecule has 0 fully saturated rings. The first-order valence-electron chi connectivity index (χ1n) is 2.90. The number of hydrogen-bond acceptors (Lipinski definition) is 4. The third-order valence-corrected chi connectivity index (χ3v) is 3.33. The Morgan fingerprint density at radius 1 is 1.00 bits per heavy atom. The Morgan fingerprint density at radius 3 is 1.73 bits per heavy atom. The minimum Gasteiger partial charge on any atom is -0.299 e. The van der Waals surface area contributed by atoms with E-state index in [4.69, 9.17) is 10.8 Å². The van der Waals surface area contributed by atoms with E-state index in [0.717, 1.165) is 0 Å². The van der Waals surface area contributed by atoms with E-state index in [-0.39, 0.29) is 21.2 Å². The van der Waals surface area contributed by atoms with E-state index < -0.39 is 9.84 Å². The van der Waals surface area contributed by atoms with Crippen molar-refractivity contribution in [1.29, 1.82) is 10.8 Å². The van der Waals surface area contributed by atoms with Gasteiger partial charge in [0.15, 0.2) is 0 Å². The van der Waals surface area contributed by atoms with E-state index >= 15 is 0 Å². The van der Waals surface area contributed by atoms with Crippen molar-refractivity contribution in [2.45, 2.75) is 0 Å². The summed E-state index contributed by atoms with van der Waals surface area (Å²) >= 11 is 0. The molecule has 4 nitrogen and oxygen atoms in total. The van der Waals surface area contributed by atoms with Crippen molar-refractivity contribution in [3.05, 3.63) is 22.0 Å². The van der Waals surface area contributed by atoms with Crippen LogP contribution in [0, 0.1) is 10.8 Å². The standard InChI is InChI=1S/C6H4N2O2S/c7-3-1-2-4(8)6-5(3)11(6,9)10/h1-2,7-8H. The summed E-state index contributed by atoms with van der Waals surface area (Å²) < 4.78 is 21.9. The fraction of sp³-hybridized carbons (Fsp3) is 0. The lowest BCUT2D eigenvalue weighted by atomic mass is 10.2. The van der Waals surface area contributed by atoms with Crippen LogP contribution in [0.3, 0.4) is 0 Å². The number of sulfone groups is 1. The van der Waals surface area contributed by atoms with Gasteiger partial charge in [0.2, 0.25) is 9.84 Å². The molecule has 2 rings (SSSR count). The van der Waals surface area contributed by atoms with E-state index in [1.807, 2.05) is 0 Å². The first-order chi connectivity index (χ1) is 5.05. The molecule has 0 aromatic rings. The summed E-state index contributed by atoms with van der Waals surface area (Å²) in [6, 6.07) is 0. The molecule has 5 heteroatoms. The molecule has 56 valence electrons. The van der Waals surface area contributed by atoms with Crippen LogP contribution in [0.25, 0.3) is 0 Å². The summed E-state index contributed by atoms with van der Waals surface area (Å²) in [6.45, 7) is 0. The second-order valence-electron chi connectivity index (χ2n) is 2.32. The quantitative estimate of drug-likeness (QED) is 0.508. The average molecular weight is 168 g/mol. The summed E-state index contributed by atoms with van der Waals surface area (Å²) in [4.78, 5) is 0.0648. The molecule has 0 saturated heterocycles. The van der Waals surface area contributed by atoms with E-state index in [9.17, 15) is 8.42 Å². The third-order valence-electron chi connectivity index (χ3n) is 1.61. The highest BCUT2D eigenvalue weighted by atomic mass is 32.2. The van der Waals surface area contributed by atoms with Crippen molar-refractivity contribution in [2.75, 3.05) is 0 Å². The van der Waals surface area contributed by atoms with Gasteiger partial charge < -0.3 is 0 Å². The lowest BCUT2D eigenvalue weighted by molar-refractivity contribution is 0.616. The zero-order valence-corrected chi connectivity index (χ0v) is 6.20. The van der Waals surface area contributed by atoms with Gasteiger partial charge in [0.25, 0.3) is 0 Å². The Balaban J connectivity index is 2.64. The van der Waals surface area contributed by atoms with E-state index in [1.165, 1.54) is 12.2 Å². The summed E-state index contributed by atoms with van der Waals surface area (Å²) in [5.41, 5.74) is -0.00741. The second kappa shape index (κ2) is 1.50. The van der Waals surface area contributed by atoms with Crippen LogP contribution in [0.2, 0.25) is 0 Å². The Morgan fingerprint density at radius 2 is 1.36 bits per heavy atom. The van der Waals surface area contributed by atoms with Gasteiger partial charge in [-0.05, 0) is 12.2 Å². The number of nitrogens with one attached hydrogen (secondary N) is 2. The molecule has 0 saturated carbocycles. The molecule has 0 bridgehead atoms. The molecule has 2 N–H and O–H groups in total. The molecule has 2 aliphatic rings. The number of allylic oxidation sites excluding steroid dienone is 4. The molecule has 0 aromatic carbocycles. The Bertz CT molecular complexity index is 405. The van der Waals surface area contributed by atoms with Gasteiger partial charge in [-0.2, -0.15) is 0 Å². The summed E-state index contributed by atoms with van der Waals surface area (Å²) in [5, 5.41) is 14.3. The van der Waals surface area contributed by atoms with Crippen molar-refractivity contribution in [3.63, 3.8) is 0 Å². The van der Waals surface area contributed by atoms with E-state index in [1.54, 1.807) is 0 Å². The zero-order chi connectivity index (χ0) is 8.22. The van der Waals surface area contributed by atoms with Gasteiger partial charge in [-0.3, -0.25) is 10.8 Å². The van der Waals surface area contributed by atoms with Crippen LogP contribution in [0.15, 0.2) is 22.0 Å². The maximum Gasteiger partial charge on any atom is 0.213 e. The number of rotatable bonds is 0. The Kier molecular flexibility index (Phi) is 0.885. The van der Waals surface area contributed by atoms with Crippen LogP contribution in [0.5, 0.6) is 0 Å². The highest BCUT2D eigenvalue weighted by Gasteiger charge is 2.48. The van der Waals surface area contributed by atoms with Gasteiger partial charge in [0, 0.05) is 0 Å². The van der Waals surface area contributed by atoms with E-state index in [2.05, 4.69) is 0 Å². The van der Waals surface area contributed by atoms with Crippen LogP contribution in [0.4, 0.5) is 0 Å². The molecule has 0 unspecified atom stereocenters. The second-order valence-corrected chi connectivity index (χ2v) is 4.15. The van der Waals surface area contributed by atoms with Gasteiger partial charge in [-0.1, -0.05) is 0 Å². The molecule has 11 heavy (non-hydrogen) atoms. The molecule has 1 aliphatic carbocycles. The van der Waals surface area contributed by atoms with Crippen LogP contribution in [0.1, 0.15) is 0 Å². The monoisotopic (exact) mass is 168 g/mol. The Hall–Kier alpha value is -1.23. The van der Waals surface area contributed by atoms with Gasteiger partial charge >= 0.3 is 0 Å². The van der Waals surface area contributed by atoms with Gasteiger partial charge in [0.05, 0.1) is 11.4 Å². The molecular weight excluding hydrogens is 164 g/mol. The molecule has 0 amide bonds. The predicted octanol–water partition coefficient (Wildman–Crippen LogP) is 0.236.